The summed E-state index contributed by atoms with van der Waals surface area (Å²) in [5.74, 6) is -0.454. The maximum Gasteiger partial charge on any atom is 0.256 e. The lowest BCUT2D eigenvalue weighted by Crippen LogP contribution is -2.34. The number of hydrogen-bond acceptors (Lipinski definition) is 4. The van der Waals surface area contributed by atoms with E-state index in [1.807, 2.05) is 12.3 Å². The number of benzene rings is 1. The van der Waals surface area contributed by atoms with Crippen LogP contribution >= 0.6 is 11.3 Å². The van der Waals surface area contributed by atoms with Gasteiger partial charge in [-0.2, -0.15) is 11.3 Å². The third-order valence-electron chi connectivity index (χ3n) is 3.23. The Morgan fingerprint density at radius 3 is 2.68 bits per heavy atom. The Kier molecular flexibility index (Phi) is 5.68. The fourth-order valence-electron chi connectivity index (χ4n) is 2.06. The molecule has 22 heavy (non-hydrogen) atoms. The lowest BCUT2D eigenvalue weighted by molar-refractivity contribution is 0.0733. The maximum absolute atomic E-state index is 12.5. The fraction of sp³-hybridized carbons (Fsp3) is 0.250. The Morgan fingerprint density at radius 1 is 1.27 bits per heavy atom. The van der Waals surface area contributed by atoms with Crippen LogP contribution in [-0.2, 0) is 0 Å². The summed E-state index contributed by atoms with van der Waals surface area (Å²) in [4.78, 5) is 26.2. The number of amides is 2. The topological polar surface area (TPSA) is 69.6 Å². The van der Waals surface area contributed by atoms with Gasteiger partial charge >= 0.3 is 0 Å². The normalized spacial score (nSPS) is 10.3. The molecule has 0 fully saturated rings. The molecule has 0 aliphatic rings. The van der Waals surface area contributed by atoms with Crippen LogP contribution in [0, 0.1) is 0 Å². The molecule has 0 spiro atoms. The predicted octanol–water partition coefficient (Wildman–Crippen LogP) is 2.45. The first-order valence-electron chi connectivity index (χ1n) is 7.00. The second kappa shape index (κ2) is 7.72. The first kappa shape index (κ1) is 16.2. The summed E-state index contributed by atoms with van der Waals surface area (Å²) in [5, 5.41) is 15.4. The molecule has 1 aromatic heterocycles. The standard InChI is InChI=1S/C16H18N2O3S/c1-2-18(8-9-19)16(21)13-5-3-4-6-14(13)17-15(20)12-7-10-22-11-12/h3-7,10-11,19H,2,8-9H2,1H3,(H,17,20). The minimum atomic E-state index is -0.244. The van der Waals surface area contributed by atoms with Crippen molar-refractivity contribution in [1.29, 1.82) is 0 Å². The summed E-state index contributed by atoms with van der Waals surface area (Å²) in [6.45, 7) is 2.51. The van der Waals surface area contributed by atoms with Crippen molar-refractivity contribution in [3.63, 3.8) is 0 Å². The Balaban J connectivity index is 2.23. The number of likely N-dealkylation sites (N-methyl/N-ethyl adjacent to an activating group) is 1. The molecule has 2 amide bonds. The van der Waals surface area contributed by atoms with Gasteiger partial charge < -0.3 is 15.3 Å². The highest BCUT2D eigenvalue weighted by molar-refractivity contribution is 7.08. The molecular weight excluding hydrogens is 300 g/mol. The highest BCUT2D eigenvalue weighted by Crippen LogP contribution is 2.19. The molecule has 2 aromatic rings. The summed E-state index contributed by atoms with van der Waals surface area (Å²) >= 11 is 1.44. The van der Waals surface area contributed by atoms with Crippen LogP contribution in [0.4, 0.5) is 5.69 Å². The number of carbonyl (C=O) groups is 2. The zero-order chi connectivity index (χ0) is 15.9. The smallest absolute Gasteiger partial charge is 0.256 e. The van der Waals surface area contributed by atoms with E-state index < -0.39 is 0 Å². The number of rotatable bonds is 6. The van der Waals surface area contributed by atoms with E-state index in [4.69, 9.17) is 5.11 Å². The van der Waals surface area contributed by atoms with Gasteiger partial charge in [0.05, 0.1) is 23.4 Å². The Hall–Kier alpha value is -2.18. The molecule has 1 heterocycles. The molecular formula is C16H18N2O3S. The molecule has 116 valence electrons. The van der Waals surface area contributed by atoms with E-state index >= 15 is 0 Å². The van der Waals surface area contributed by atoms with Crippen molar-refractivity contribution in [1.82, 2.24) is 4.90 Å². The van der Waals surface area contributed by atoms with Crippen molar-refractivity contribution in [2.45, 2.75) is 6.92 Å². The molecule has 0 saturated carbocycles. The van der Waals surface area contributed by atoms with E-state index in [-0.39, 0.29) is 25.0 Å². The van der Waals surface area contributed by atoms with E-state index in [1.54, 1.807) is 35.7 Å². The quantitative estimate of drug-likeness (QED) is 0.859. The molecule has 2 N–H and O–H groups in total. The van der Waals surface area contributed by atoms with Crippen LogP contribution < -0.4 is 5.32 Å². The second-order valence-electron chi connectivity index (χ2n) is 4.62. The third kappa shape index (κ3) is 3.72. The average molecular weight is 318 g/mol. The zero-order valence-electron chi connectivity index (χ0n) is 12.3. The van der Waals surface area contributed by atoms with Crippen molar-refractivity contribution in [2.75, 3.05) is 25.0 Å². The third-order valence-corrected chi connectivity index (χ3v) is 3.91. The number of para-hydroxylation sites is 1. The van der Waals surface area contributed by atoms with Crippen molar-refractivity contribution in [2.24, 2.45) is 0 Å². The molecule has 0 aliphatic carbocycles. The van der Waals surface area contributed by atoms with Gasteiger partial charge in [0.1, 0.15) is 0 Å². The van der Waals surface area contributed by atoms with Gasteiger partial charge in [0.25, 0.3) is 11.8 Å². The first-order valence-corrected chi connectivity index (χ1v) is 7.94. The Morgan fingerprint density at radius 2 is 2.05 bits per heavy atom. The number of nitrogens with zero attached hydrogens (tertiary/aromatic N) is 1. The molecule has 5 nitrogen and oxygen atoms in total. The molecule has 0 radical (unpaired) electrons. The lowest BCUT2D eigenvalue weighted by atomic mass is 10.1. The molecule has 0 atom stereocenters. The van der Waals surface area contributed by atoms with Crippen molar-refractivity contribution in [3.05, 3.63) is 52.2 Å². The highest BCUT2D eigenvalue weighted by Gasteiger charge is 2.18. The number of nitrogens with one attached hydrogen (secondary N) is 1. The van der Waals surface area contributed by atoms with E-state index in [1.165, 1.54) is 16.2 Å². The van der Waals surface area contributed by atoms with Gasteiger partial charge in [0.2, 0.25) is 0 Å². The summed E-state index contributed by atoms with van der Waals surface area (Å²) in [6, 6.07) is 8.62. The van der Waals surface area contributed by atoms with Gasteiger partial charge in [-0.3, -0.25) is 9.59 Å². The van der Waals surface area contributed by atoms with Gasteiger partial charge in [-0.05, 0) is 30.5 Å². The van der Waals surface area contributed by atoms with Crippen LogP contribution in [0.1, 0.15) is 27.6 Å². The second-order valence-corrected chi connectivity index (χ2v) is 5.40. The van der Waals surface area contributed by atoms with Crippen LogP contribution in [0.2, 0.25) is 0 Å². The molecule has 0 saturated heterocycles. The number of carbonyl (C=O) groups excluding carboxylic acids is 2. The predicted molar refractivity (Wildman–Crippen MR) is 87.4 cm³/mol. The summed E-state index contributed by atoms with van der Waals surface area (Å²) in [5.41, 5.74) is 1.46. The minimum absolute atomic E-state index is 0.0942. The molecule has 0 aliphatic heterocycles. The largest absolute Gasteiger partial charge is 0.395 e. The van der Waals surface area contributed by atoms with Crippen LogP contribution in [-0.4, -0.2) is 41.5 Å². The van der Waals surface area contributed by atoms with Gasteiger partial charge in [-0.15, -0.1) is 0 Å². The van der Waals surface area contributed by atoms with Crippen LogP contribution in [0.5, 0.6) is 0 Å². The van der Waals surface area contributed by atoms with E-state index in [0.717, 1.165) is 0 Å². The Labute approximate surface area is 133 Å². The first-order chi connectivity index (χ1) is 10.7. The summed E-state index contributed by atoms with van der Waals surface area (Å²) in [6.07, 6.45) is 0. The molecule has 1 aromatic carbocycles. The number of aliphatic hydroxyl groups excluding tert-OH is 1. The van der Waals surface area contributed by atoms with Crippen LogP contribution in [0.25, 0.3) is 0 Å². The minimum Gasteiger partial charge on any atom is -0.395 e. The fourth-order valence-corrected chi connectivity index (χ4v) is 2.70. The SMILES string of the molecule is CCN(CCO)C(=O)c1ccccc1NC(=O)c1ccsc1. The molecule has 0 unspecified atom stereocenters. The monoisotopic (exact) mass is 318 g/mol. The lowest BCUT2D eigenvalue weighted by Gasteiger charge is -2.21. The van der Waals surface area contributed by atoms with Gasteiger partial charge in [-0.25, -0.2) is 0 Å². The number of thiophene rings is 1. The molecule has 0 bridgehead atoms. The number of hydrogen-bond donors (Lipinski definition) is 2. The van der Waals surface area contributed by atoms with Crippen molar-refractivity contribution in [3.8, 4) is 0 Å². The van der Waals surface area contributed by atoms with E-state index in [0.29, 0.717) is 23.4 Å². The van der Waals surface area contributed by atoms with E-state index in [2.05, 4.69) is 5.32 Å². The molecule has 2 rings (SSSR count). The summed E-state index contributed by atoms with van der Waals surface area (Å²) in [7, 11) is 0. The van der Waals surface area contributed by atoms with Crippen LogP contribution in [0.3, 0.4) is 0 Å². The Bertz CT molecular complexity index is 641. The zero-order valence-corrected chi connectivity index (χ0v) is 13.1. The van der Waals surface area contributed by atoms with Crippen LogP contribution in [0.15, 0.2) is 41.1 Å². The number of anilines is 1. The average Bonchev–Trinajstić information content (AvgIpc) is 3.07. The van der Waals surface area contributed by atoms with E-state index in [9.17, 15) is 9.59 Å². The van der Waals surface area contributed by atoms with Gasteiger partial charge in [-0.1, -0.05) is 12.1 Å². The van der Waals surface area contributed by atoms with Crippen molar-refractivity contribution < 1.29 is 14.7 Å². The number of aliphatic hydroxyl groups is 1. The van der Waals surface area contributed by atoms with Gasteiger partial charge in [0.15, 0.2) is 0 Å². The highest BCUT2D eigenvalue weighted by atomic mass is 32.1. The van der Waals surface area contributed by atoms with Gasteiger partial charge in [0, 0.05) is 18.5 Å². The molecule has 6 heteroatoms. The maximum atomic E-state index is 12.5. The summed E-state index contributed by atoms with van der Waals surface area (Å²) < 4.78 is 0. The van der Waals surface area contributed by atoms with Crippen molar-refractivity contribution >= 4 is 28.8 Å².